The van der Waals surface area contributed by atoms with Crippen LogP contribution < -0.4 is 0 Å². The molecule has 0 saturated carbocycles. The lowest BCUT2D eigenvalue weighted by molar-refractivity contribution is 1.35. The number of halogens is 2. The molecule has 0 unspecified atom stereocenters. The molecule has 0 aliphatic heterocycles. The molecule has 0 amide bonds. The first kappa shape index (κ1) is 12.6. The molecule has 1 heterocycles. The van der Waals surface area contributed by atoms with Crippen LogP contribution in [0.3, 0.4) is 0 Å². The predicted molar refractivity (Wildman–Crippen MR) is 84.6 cm³/mol. The minimum atomic E-state index is 0.740. The number of pyridine rings is 1. The summed E-state index contributed by atoms with van der Waals surface area (Å²) in [6, 6.07) is 16.1. The van der Waals surface area contributed by atoms with Crippen LogP contribution in [0, 0.1) is 6.92 Å². The lowest BCUT2D eigenvalue weighted by Gasteiger charge is -2.06. The van der Waals surface area contributed by atoms with E-state index in [1.165, 1.54) is 5.56 Å². The molecule has 2 aromatic carbocycles. The Labute approximate surface area is 125 Å². The molecule has 3 heteroatoms. The zero-order chi connectivity index (χ0) is 13.4. The van der Waals surface area contributed by atoms with Crippen molar-refractivity contribution in [2.45, 2.75) is 6.92 Å². The van der Waals surface area contributed by atoms with Crippen molar-refractivity contribution in [2.75, 3.05) is 0 Å². The molecule has 94 valence electrons. The standard InChI is InChI=1S/C16H11BrClN/c1-10-8-13(17)9-12-4-7-15(19-16(10)12)11-2-5-14(18)6-3-11/h2-9H,1H3. The highest BCUT2D eigenvalue weighted by molar-refractivity contribution is 9.10. The van der Waals surface area contributed by atoms with Gasteiger partial charge in [-0.05, 0) is 42.8 Å². The van der Waals surface area contributed by atoms with Crippen LogP contribution in [-0.2, 0) is 0 Å². The highest BCUT2D eigenvalue weighted by Gasteiger charge is 2.04. The third kappa shape index (κ3) is 2.51. The van der Waals surface area contributed by atoms with Gasteiger partial charge in [-0.3, -0.25) is 0 Å². The van der Waals surface area contributed by atoms with Crippen molar-refractivity contribution in [2.24, 2.45) is 0 Å². The molecule has 0 bridgehead atoms. The monoisotopic (exact) mass is 331 g/mol. The molecule has 3 rings (SSSR count). The van der Waals surface area contributed by atoms with Gasteiger partial charge in [0.1, 0.15) is 0 Å². The van der Waals surface area contributed by atoms with E-state index in [-0.39, 0.29) is 0 Å². The molecular formula is C16H11BrClN. The number of aromatic nitrogens is 1. The predicted octanol–water partition coefficient (Wildman–Crippen LogP) is 5.63. The van der Waals surface area contributed by atoms with Gasteiger partial charge in [0.05, 0.1) is 11.2 Å². The molecule has 0 fully saturated rings. The number of hydrogen-bond donors (Lipinski definition) is 0. The van der Waals surface area contributed by atoms with Crippen LogP contribution in [0.1, 0.15) is 5.56 Å². The molecular weight excluding hydrogens is 322 g/mol. The number of aryl methyl sites for hydroxylation is 1. The van der Waals surface area contributed by atoms with Crippen molar-refractivity contribution < 1.29 is 0 Å². The normalized spacial score (nSPS) is 10.9. The average molecular weight is 333 g/mol. The first-order valence-electron chi connectivity index (χ1n) is 5.96. The fourth-order valence-electron chi connectivity index (χ4n) is 2.15. The minimum absolute atomic E-state index is 0.740. The first-order chi connectivity index (χ1) is 9.13. The lowest BCUT2D eigenvalue weighted by atomic mass is 10.1. The lowest BCUT2D eigenvalue weighted by Crippen LogP contribution is -1.88. The molecule has 0 aliphatic rings. The summed E-state index contributed by atoms with van der Waals surface area (Å²) >= 11 is 9.42. The molecule has 0 spiro atoms. The summed E-state index contributed by atoms with van der Waals surface area (Å²) in [5, 5.41) is 1.88. The summed E-state index contributed by atoms with van der Waals surface area (Å²) in [5.41, 5.74) is 4.25. The van der Waals surface area contributed by atoms with Gasteiger partial charge in [0.25, 0.3) is 0 Å². The Kier molecular flexibility index (Phi) is 3.29. The van der Waals surface area contributed by atoms with E-state index >= 15 is 0 Å². The Bertz CT molecular complexity index is 751. The summed E-state index contributed by atoms with van der Waals surface area (Å²) in [7, 11) is 0. The summed E-state index contributed by atoms with van der Waals surface area (Å²) in [4.78, 5) is 4.75. The Morgan fingerprint density at radius 2 is 1.74 bits per heavy atom. The summed E-state index contributed by atoms with van der Waals surface area (Å²) in [6.45, 7) is 2.08. The van der Waals surface area contributed by atoms with E-state index < -0.39 is 0 Å². The van der Waals surface area contributed by atoms with E-state index in [1.54, 1.807) is 0 Å². The molecule has 0 radical (unpaired) electrons. The van der Waals surface area contributed by atoms with Crippen LogP contribution in [0.4, 0.5) is 0 Å². The van der Waals surface area contributed by atoms with Crippen LogP contribution in [0.5, 0.6) is 0 Å². The molecule has 0 saturated heterocycles. The van der Waals surface area contributed by atoms with E-state index in [0.717, 1.165) is 31.7 Å². The van der Waals surface area contributed by atoms with E-state index in [4.69, 9.17) is 16.6 Å². The van der Waals surface area contributed by atoms with Crippen molar-refractivity contribution >= 4 is 38.4 Å². The fourth-order valence-corrected chi connectivity index (χ4v) is 2.87. The molecule has 0 N–H and O–H groups in total. The van der Waals surface area contributed by atoms with Gasteiger partial charge >= 0.3 is 0 Å². The van der Waals surface area contributed by atoms with Crippen LogP contribution in [0.2, 0.25) is 5.02 Å². The van der Waals surface area contributed by atoms with Gasteiger partial charge in [0.2, 0.25) is 0 Å². The zero-order valence-electron chi connectivity index (χ0n) is 10.3. The first-order valence-corrected chi connectivity index (χ1v) is 7.13. The zero-order valence-corrected chi connectivity index (χ0v) is 12.7. The largest absolute Gasteiger partial charge is 0.248 e. The van der Waals surface area contributed by atoms with Crippen molar-refractivity contribution in [3.63, 3.8) is 0 Å². The van der Waals surface area contributed by atoms with Gasteiger partial charge in [-0.15, -0.1) is 0 Å². The Balaban J connectivity index is 2.19. The molecule has 19 heavy (non-hydrogen) atoms. The average Bonchev–Trinajstić information content (AvgIpc) is 2.39. The highest BCUT2D eigenvalue weighted by Crippen LogP contribution is 2.26. The van der Waals surface area contributed by atoms with Crippen molar-refractivity contribution in [3.05, 3.63) is 63.6 Å². The van der Waals surface area contributed by atoms with E-state index in [0.29, 0.717) is 0 Å². The molecule has 0 aliphatic carbocycles. The van der Waals surface area contributed by atoms with E-state index in [9.17, 15) is 0 Å². The van der Waals surface area contributed by atoms with Gasteiger partial charge in [-0.25, -0.2) is 4.98 Å². The second kappa shape index (κ2) is 4.95. The van der Waals surface area contributed by atoms with Gasteiger partial charge in [-0.2, -0.15) is 0 Å². The SMILES string of the molecule is Cc1cc(Br)cc2ccc(-c3ccc(Cl)cc3)nc12. The maximum atomic E-state index is 5.91. The highest BCUT2D eigenvalue weighted by atomic mass is 79.9. The van der Waals surface area contributed by atoms with Gasteiger partial charge in [-0.1, -0.05) is 45.7 Å². The number of rotatable bonds is 1. The molecule has 0 atom stereocenters. The van der Waals surface area contributed by atoms with Crippen LogP contribution in [0.25, 0.3) is 22.2 Å². The quantitative estimate of drug-likeness (QED) is 0.563. The third-order valence-corrected chi connectivity index (χ3v) is 3.80. The van der Waals surface area contributed by atoms with E-state index in [1.807, 2.05) is 30.3 Å². The second-order valence-electron chi connectivity index (χ2n) is 4.50. The smallest absolute Gasteiger partial charge is 0.0739 e. The van der Waals surface area contributed by atoms with E-state index in [2.05, 4.69) is 41.1 Å². The Morgan fingerprint density at radius 3 is 2.47 bits per heavy atom. The maximum Gasteiger partial charge on any atom is 0.0739 e. The van der Waals surface area contributed by atoms with Crippen LogP contribution >= 0.6 is 27.5 Å². The number of benzene rings is 2. The van der Waals surface area contributed by atoms with Crippen molar-refractivity contribution in [3.8, 4) is 11.3 Å². The van der Waals surface area contributed by atoms with Crippen LogP contribution in [0.15, 0.2) is 53.0 Å². The number of fused-ring (bicyclic) bond motifs is 1. The second-order valence-corrected chi connectivity index (χ2v) is 5.85. The third-order valence-electron chi connectivity index (χ3n) is 3.09. The summed E-state index contributed by atoms with van der Waals surface area (Å²) in [5.74, 6) is 0. The van der Waals surface area contributed by atoms with Crippen molar-refractivity contribution in [1.29, 1.82) is 0 Å². The molecule has 3 aromatic rings. The number of hydrogen-bond acceptors (Lipinski definition) is 1. The van der Waals surface area contributed by atoms with Gasteiger partial charge in [0.15, 0.2) is 0 Å². The van der Waals surface area contributed by atoms with Crippen molar-refractivity contribution in [1.82, 2.24) is 4.98 Å². The van der Waals surface area contributed by atoms with Crippen LogP contribution in [-0.4, -0.2) is 4.98 Å². The Morgan fingerprint density at radius 1 is 1.00 bits per heavy atom. The van der Waals surface area contributed by atoms with Gasteiger partial charge < -0.3 is 0 Å². The summed E-state index contributed by atoms with van der Waals surface area (Å²) < 4.78 is 1.08. The topological polar surface area (TPSA) is 12.9 Å². The number of nitrogens with zero attached hydrogens (tertiary/aromatic N) is 1. The summed E-state index contributed by atoms with van der Waals surface area (Å²) in [6.07, 6.45) is 0. The Hall–Kier alpha value is -1.38. The minimum Gasteiger partial charge on any atom is -0.248 e. The van der Waals surface area contributed by atoms with Gasteiger partial charge in [0, 0.05) is 20.4 Å². The molecule has 1 aromatic heterocycles. The maximum absolute atomic E-state index is 5.91. The molecule has 1 nitrogen and oxygen atoms in total. The fraction of sp³-hybridized carbons (Fsp3) is 0.0625.